The Hall–Kier alpha value is -4.69. The lowest BCUT2D eigenvalue weighted by Crippen LogP contribution is -2.21. The summed E-state index contributed by atoms with van der Waals surface area (Å²) in [5, 5.41) is 18.8. The van der Waals surface area contributed by atoms with Crippen LogP contribution in [-0.4, -0.2) is 66.0 Å². The topological polar surface area (TPSA) is 163 Å². The third-order valence-electron chi connectivity index (χ3n) is 10.2. The molecule has 0 bridgehead atoms. The minimum absolute atomic E-state index is 0.154. The van der Waals surface area contributed by atoms with E-state index in [-0.39, 0.29) is 57.3 Å². The largest absolute Gasteiger partial charge is 0.481 e. The van der Waals surface area contributed by atoms with Crippen molar-refractivity contribution in [3.8, 4) is 11.8 Å². The number of hydrogen-bond donors (Lipinski definition) is 2. The van der Waals surface area contributed by atoms with E-state index in [9.17, 15) is 29.1 Å². The molecule has 0 aliphatic heterocycles. The Labute approximate surface area is 364 Å². The van der Waals surface area contributed by atoms with Gasteiger partial charge in [-0.25, -0.2) is 0 Å². The van der Waals surface area contributed by atoms with Crippen LogP contribution in [0.25, 0.3) is 0 Å². The molecule has 2 rings (SSSR count). The van der Waals surface area contributed by atoms with Crippen molar-refractivity contribution in [1.82, 2.24) is 0 Å². The van der Waals surface area contributed by atoms with Gasteiger partial charge in [-0.05, 0) is 73.9 Å². The number of unbranched alkanes of at least 4 members (excludes halogenated alkanes) is 17. The lowest BCUT2D eigenvalue weighted by atomic mass is 10.1. The van der Waals surface area contributed by atoms with Crippen molar-refractivity contribution in [3.05, 3.63) is 70.8 Å². The average Bonchev–Trinajstić information content (AvgIpc) is 3.23. The first kappa shape index (κ1) is 52.4. The molecular formula is C50H72O11. The normalized spacial score (nSPS) is 11.2. The number of benzene rings is 2. The van der Waals surface area contributed by atoms with Crippen molar-refractivity contribution in [2.45, 2.75) is 180 Å². The van der Waals surface area contributed by atoms with E-state index in [0.717, 1.165) is 86.5 Å². The number of hydrogen-bond acceptors (Lipinski definition) is 10. The Morgan fingerprint density at radius 2 is 0.869 bits per heavy atom. The molecule has 338 valence electrons. The minimum atomic E-state index is -1.14. The van der Waals surface area contributed by atoms with E-state index < -0.39 is 24.0 Å². The molecule has 2 aromatic rings. The van der Waals surface area contributed by atoms with Gasteiger partial charge in [-0.2, -0.15) is 0 Å². The molecule has 2 N–H and O–H groups in total. The standard InChI is InChI=1S/C50H72O11/c1-2-3-4-5-6-7-8-11-14-20-35-59-49(56)38-45(51)39-50(57)60-36-21-16-18-23-47(54)61-40-44-32-28-42(29-33-44)25-24-41-26-30-43(31-27-41)37-48(55)58-34-19-15-12-9-10-13-17-22-46(52)53/h26-33,45,51H,2-23,34-40H2,1H3,(H,52,53). The SMILES string of the molecule is CCCCCCCCCCCCOC(=O)CC(O)CC(=O)OCCCCCC(=O)OCc1ccc(C#Cc2ccc(CC(=O)OCCCCCCCCCC(=O)O)cc2)cc1. The van der Waals surface area contributed by atoms with Gasteiger partial charge < -0.3 is 29.2 Å². The molecule has 0 saturated carbocycles. The van der Waals surface area contributed by atoms with Crippen LogP contribution in [0.2, 0.25) is 0 Å². The maximum atomic E-state index is 12.2. The zero-order valence-corrected chi connectivity index (χ0v) is 36.8. The number of rotatable bonds is 35. The van der Waals surface area contributed by atoms with Crippen LogP contribution in [0.15, 0.2) is 48.5 Å². The highest BCUT2D eigenvalue weighted by atomic mass is 16.5. The van der Waals surface area contributed by atoms with Gasteiger partial charge in [0, 0.05) is 24.0 Å². The summed E-state index contributed by atoms with van der Waals surface area (Å²) in [6.07, 6.45) is 19.4. The Balaban J connectivity index is 1.48. The van der Waals surface area contributed by atoms with Gasteiger partial charge in [0.25, 0.3) is 0 Å². The molecule has 0 aliphatic rings. The molecule has 0 radical (unpaired) electrons. The molecule has 11 heteroatoms. The van der Waals surface area contributed by atoms with Crippen LogP contribution >= 0.6 is 0 Å². The summed E-state index contributed by atoms with van der Waals surface area (Å²) in [6, 6.07) is 15.0. The summed E-state index contributed by atoms with van der Waals surface area (Å²) in [7, 11) is 0. The fourth-order valence-electron chi connectivity index (χ4n) is 6.52. The van der Waals surface area contributed by atoms with Crippen LogP contribution in [0.1, 0.15) is 183 Å². The molecule has 0 heterocycles. The summed E-state index contributed by atoms with van der Waals surface area (Å²) in [5.41, 5.74) is 3.33. The van der Waals surface area contributed by atoms with E-state index in [4.69, 9.17) is 24.1 Å². The third kappa shape index (κ3) is 30.1. The first-order valence-electron chi connectivity index (χ1n) is 22.9. The highest BCUT2D eigenvalue weighted by Crippen LogP contribution is 2.13. The van der Waals surface area contributed by atoms with Crippen molar-refractivity contribution in [3.63, 3.8) is 0 Å². The highest BCUT2D eigenvalue weighted by Gasteiger charge is 2.17. The number of carboxylic acids is 1. The van der Waals surface area contributed by atoms with E-state index in [2.05, 4.69) is 18.8 Å². The number of aliphatic hydroxyl groups is 1. The molecule has 0 aromatic heterocycles. The number of aliphatic carboxylic acids is 1. The zero-order chi connectivity index (χ0) is 44.2. The number of carboxylic acid groups (broad SMARTS) is 1. The number of carbonyl (C=O) groups is 5. The molecule has 0 spiro atoms. The van der Waals surface area contributed by atoms with Crippen LogP contribution in [0.4, 0.5) is 0 Å². The van der Waals surface area contributed by atoms with Crippen molar-refractivity contribution in [2.24, 2.45) is 0 Å². The van der Waals surface area contributed by atoms with Gasteiger partial charge in [0.15, 0.2) is 0 Å². The summed E-state index contributed by atoms with van der Waals surface area (Å²) >= 11 is 0. The van der Waals surface area contributed by atoms with Gasteiger partial charge in [-0.15, -0.1) is 0 Å². The summed E-state index contributed by atoms with van der Waals surface area (Å²) in [4.78, 5) is 59.1. The Morgan fingerprint density at radius 3 is 1.34 bits per heavy atom. The molecule has 0 fully saturated rings. The smallest absolute Gasteiger partial charge is 0.310 e. The molecule has 1 atom stereocenters. The summed E-state index contributed by atoms with van der Waals surface area (Å²) in [6.45, 7) is 3.28. The van der Waals surface area contributed by atoms with Gasteiger partial charge in [0.1, 0.15) is 6.61 Å². The minimum Gasteiger partial charge on any atom is -0.481 e. The van der Waals surface area contributed by atoms with Gasteiger partial charge in [-0.3, -0.25) is 24.0 Å². The van der Waals surface area contributed by atoms with Crippen molar-refractivity contribution >= 4 is 29.8 Å². The lowest BCUT2D eigenvalue weighted by molar-refractivity contribution is -0.150. The van der Waals surface area contributed by atoms with Gasteiger partial charge in [0.05, 0.1) is 45.2 Å². The summed E-state index contributed by atoms with van der Waals surface area (Å²) in [5.74, 6) is 3.87. The molecule has 1 unspecified atom stereocenters. The van der Waals surface area contributed by atoms with Crippen LogP contribution in [0, 0.1) is 11.8 Å². The predicted octanol–water partition coefficient (Wildman–Crippen LogP) is 10.1. The van der Waals surface area contributed by atoms with E-state index >= 15 is 0 Å². The second-order valence-corrected chi connectivity index (χ2v) is 15.8. The van der Waals surface area contributed by atoms with Gasteiger partial charge in [0.2, 0.25) is 0 Å². The lowest BCUT2D eigenvalue weighted by Gasteiger charge is -2.11. The molecule has 61 heavy (non-hydrogen) atoms. The van der Waals surface area contributed by atoms with Crippen molar-refractivity contribution < 1.29 is 53.1 Å². The Kier molecular flexibility index (Phi) is 30.1. The highest BCUT2D eigenvalue weighted by molar-refractivity contribution is 5.74. The average molecular weight is 849 g/mol. The van der Waals surface area contributed by atoms with Gasteiger partial charge in [-0.1, -0.05) is 133 Å². The van der Waals surface area contributed by atoms with E-state index in [0.29, 0.717) is 32.5 Å². The Bertz CT molecular complexity index is 1570. The molecule has 0 saturated heterocycles. The Morgan fingerprint density at radius 1 is 0.475 bits per heavy atom. The number of esters is 4. The van der Waals surface area contributed by atoms with Crippen molar-refractivity contribution in [2.75, 3.05) is 19.8 Å². The fraction of sp³-hybridized carbons (Fsp3) is 0.620. The first-order chi connectivity index (χ1) is 29.6. The summed E-state index contributed by atoms with van der Waals surface area (Å²) < 4.78 is 21.2. The second-order valence-electron chi connectivity index (χ2n) is 15.8. The zero-order valence-electron chi connectivity index (χ0n) is 36.8. The number of ether oxygens (including phenoxy) is 4. The van der Waals surface area contributed by atoms with Crippen molar-refractivity contribution in [1.29, 1.82) is 0 Å². The van der Waals surface area contributed by atoms with Crippen LogP contribution in [-0.2, 0) is 55.9 Å². The molecule has 2 aromatic carbocycles. The molecule has 11 nitrogen and oxygen atoms in total. The monoisotopic (exact) mass is 849 g/mol. The quantitative estimate of drug-likeness (QED) is 0.0294. The molecule has 0 amide bonds. The van der Waals surface area contributed by atoms with Crippen LogP contribution in [0.3, 0.4) is 0 Å². The third-order valence-corrected chi connectivity index (χ3v) is 10.2. The maximum Gasteiger partial charge on any atom is 0.310 e. The molecular weight excluding hydrogens is 777 g/mol. The predicted molar refractivity (Wildman–Crippen MR) is 235 cm³/mol. The van der Waals surface area contributed by atoms with Gasteiger partial charge >= 0.3 is 29.8 Å². The molecule has 0 aliphatic carbocycles. The van der Waals surface area contributed by atoms with E-state index in [1.165, 1.54) is 44.9 Å². The van der Waals surface area contributed by atoms with E-state index in [1.807, 2.05) is 48.5 Å². The van der Waals surface area contributed by atoms with E-state index in [1.54, 1.807) is 0 Å². The fourth-order valence-corrected chi connectivity index (χ4v) is 6.52. The van der Waals surface area contributed by atoms with Crippen LogP contribution in [0.5, 0.6) is 0 Å². The number of carbonyl (C=O) groups excluding carboxylic acids is 4. The maximum absolute atomic E-state index is 12.2. The van der Waals surface area contributed by atoms with Crippen LogP contribution < -0.4 is 0 Å². The number of aliphatic hydroxyl groups excluding tert-OH is 1. The second kappa shape index (κ2) is 35.0. The first-order valence-corrected chi connectivity index (χ1v) is 22.9.